The monoisotopic (exact) mass is 311 g/mol. The Morgan fingerprint density at radius 1 is 1.13 bits per heavy atom. The second kappa shape index (κ2) is 5.17. The number of benzene rings is 2. The Kier molecular flexibility index (Phi) is 3.23. The topological polar surface area (TPSA) is 41.9 Å². The number of phenolic OH excluding ortho intramolecular Hbond substituents is 1. The number of phenols is 1. The summed E-state index contributed by atoms with van der Waals surface area (Å²) in [6.07, 6.45) is 1.96. The third kappa shape index (κ3) is 2.01. The summed E-state index contributed by atoms with van der Waals surface area (Å²) in [5, 5.41) is 9.98. The van der Waals surface area contributed by atoms with Gasteiger partial charge >= 0.3 is 0 Å². The minimum atomic E-state index is 0.282. The van der Waals surface area contributed by atoms with E-state index in [1.165, 1.54) is 16.7 Å². The lowest BCUT2D eigenvalue weighted by Gasteiger charge is -2.40. The fraction of sp³-hybridized carbons (Fsp3) is 0.368. The van der Waals surface area contributed by atoms with Gasteiger partial charge in [-0.05, 0) is 60.3 Å². The van der Waals surface area contributed by atoms with Crippen molar-refractivity contribution in [2.45, 2.75) is 18.9 Å². The number of ether oxygens (including phenoxy) is 2. The summed E-state index contributed by atoms with van der Waals surface area (Å²) in [5.74, 6) is 1.81. The first-order valence-electron chi connectivity index (χ1n) is 7.94. The molecule has 4 heteroatoms. The van der Waals surface area contributed by atoms with Crippen molar-refractivity contribution < 1.29 is 14.6 Å². The number of hydrogen-bond acceptors (Lipinski definition) is 4. The molecule has 23 heavy (non-hydrogen) atoms. The molecular formula is C19H21NO3. The maximum atomic E-state index is 9.98. The van der Waals surface area contributed by atoms with Gasteiger partial charge in [-0.1, -0.05) is 6.07 Å². The highest BCUT2D eigenvalue weighted by atomic mass is 16.5. The van der Waals surface area contributed by atoms with Gasteiger partial charge in [-0.2, -0.15) is 0 Å². The average molecular weight is 311 g/mol. The molecular weight excluding hydrogens is 290 g/mol. The summed E-state index contributed by atoms with van der Waals surface area (Å²) < 4.78 is 11.3. The van der Waals surface area contributed by atoms with Crippen LogP contribution in [0.25, 0.3) is 11.1 Å². The third-order valence-electron chi connectivity index (χ3n) is 5.17. The molecule has 4 nitrogen and oxygen atoms in total. The normalized spacial score (nSPS) is 19.0. The van der Waals surface area contributed by atoms with Crippen LogP contribution in [0.2, 0.25) is 0 Å². The van der Waals surface area contributed by atoms with Crippen molar-refractivity contribution in [3.63, 3.8) is 0 Å². The number of methoxy groups -OCH3 is 2. The van der Waals surface area contributed by atoms with Crippen LogP contribution in [0.5, 0.6) is 17.2 Å². The molecule has 1 atom stereocenters. The van der Waals surface area contributed by atoms with Crippen LogP contribution in [-0.2, 0) is 12.8 Å². The third-order valence-corrected chi connectivity index (χ3v) is 5.17. The van der Waals surface area contributed by atoms with Crippen LogP contribution in [-0.4, -0.2) is 37.8 Å². The Labute approximate surface area is 136 Å². The van der Waals surface area contributed by atoms with E-state index in [9.17, 15) is 5.11 Å². The highest BCUT2D eigenvalue weighted by Gasteiger charge is 2.36. The van der Waals surface area contributed by atoms with E-state index >= 15 is 0 Å². The number of aromatic hydroxyl groups is 1. The summed E-state index contributed by atoms with van der Waals surface area (Å²) >= 11 is 0. The summed E-state index contributed by atoms with van der Waals surface area (Å²) in [6.45, 7) is 1.04. The van der Waals surface area contributed by atoms with Crippen LogP contribution in [0.3, 0.4) is 0 Å². The molecule has 0 fully saturated rings. The fourth-order valence-electron chi connectivity index (χ4n) is 4.03. The van der Waals surface area contributed by atoms with Crippen LogP contribution in [0.15, 0.2) is 24.3 Å². The average Bonchev–Trinajstić information content (AvgIpc) is 2.57. The maximum Gasteiger partial charge on any atom is 0.168 e. The summed E-state index contributed by atoms with van der Waals surface area (Å²) in [5.41, 5.74) is 6.04. The van der Waals surface area contributed by atoms with Gasteiger partial charge in [0, 0.05) is 18.2 Å². The van der Waals surface area contributed by atoms with Gasteiger partial charge in [0.05, 0.1) is 14.2 Å². The van der Waals surface area contributed by atoms with E-state index in [-0.39, 0.29) is 5.75 Å². The largest absolute Gasteiger partial charge is 0.508 e. The van der Waals surface area contributed by atoms with E-state index in [2.05, 4.69) is 18.0 Å². The lowest BCUT2D eigenvalue weighted by Crippen LogP contribution is -2.35. The highest BCUT2D eigenvalue weighted by Crippen LogP contribution is 2.52. The Morgan fingerprint density at radius 2 is 1.96 bits per heavy atom. The van der Waals surface area contributed by atoms with Crippen molar-refractivity contribution in [3.8, 4) is 28.4 Å². The molecule has 1 N–H and O–H groups in total. The first-order valence-corrected chi connectivity index (χ1v) is 7.94. The molecule has 0 saturated heterocycles. The molecule has 1 aliphatic heterocycles. The number of rotatable bonds is 2. The molecule has 1 heterocycles. The van der Waals surface area contributed by atoms with Crippen molar-refractivity contribution in [2.75, 3.05) is 27.8 Å². The van der Waals surface area contributed by atoms with Gasteiger partial charge in [0.2, 0.25) is 0 Å². The number of likely N-dealkylation sites (N-methyl/N-ethyl adjacent to an activating group) is 1. The molecule has 2 aromatic carbocycles. The Morgan fingerprint density at radius 3 is 2.70 bits per heavy atom. The molecule has 0 radical (unpaired) electrons. The lowest BCUT2D eigenvalue weighted by molar-refractivity contribution is 0.226. The Hall–Kier alpha value is -2.20. The molecule has 4 rings (SSSR count). The van der Waals surface area contributed by atoms with E-state index in [1.807, 2.05) is 12.1 Å². The summed E-state index contributed by atoms with van der Waals surface area (Å²) in [6, 6.07) is 8.10. The van der Waals surface area contributed by atoms with Gasteiger partial charge in [0.15, 0.2) is 11.5 Å². The van der Waals surface area contributed by atoms with Crippen molar-refractivity contribution in [1.82, 2.24) is 4.90 Å². The zero-order valence-corrected chi connectivity index (χ0v) is 13.7. The first kappa shape index (κ1) is 14.4. The summed E-state index contributed by atoms with van der Waals surface area (Å²) in [7, 11) is 5.54. The number of hydrogen-bond donors (Lipinski definition) is 1. The summed E-state index contributed by atoms with van der Waals surface area (Å²) in [4.78, 5) is 2.41. The van der Waals surface area contributed by atoms with Crippen molar-refractivity contribution in [3.05, 3.63) is 41.0 Å². The molecule has 0 saturated carbocycles. The molecule has 0 aromatic heterocycles. The first-order chi connectivity index (χ1) is 11.1. The molecule has 1 aliphatic carbocycles. The SMILES string of the molecule is COc1cc2c3c(c1OC)-c1cc(O)ccc1CC3N(C)CC2. The standard InChI is InChI=1S/C19H21NO3/c1-20-7-6-12-9-16(22-2)19(23-3)18-14-10-13(21)5-4-11(14)8-15(20)17(12)18/h4-5,9-10,15,21H,6-8H2,1-3H3. The van der Waals surface area contributed by atoms with E-state index in [4.69, 9.17) is 9.47 Å². The van der Waals surface area contributed by atoms with Gasteiger partial charge in [-0.15, -0.1) is 0 Å². The van der Waals surface area contributed by atoms with Crippen molar-refractivity contribution >= 4 is 0 Å². The van der Waals surface area contributed by atoms with Gasteiger partial charge in [0.25, 0.3) is 0 Å². The minimum absolute atomic E-state index is 0.282. The quantitative estimate of drug-likeness (QED) is 0.925. The zero-order chi connectivity index (χ0) is 16.1. The number of nitrogens with zero attached hydrogens (tertiary/aromatic N) is 1. The molecule has 0 spiro atoms. The van der Waals surface area contributed by atoms with Crippen molar-refractivity contribution in [1.29, 1.82) is 0 Å². The van der Waals surface area contributed by atoms with Crippen LogP contribution < -0.4 is 9.47 Å². The van der Waals surface area contributed by atoms with Crippen LogP contribution in [0.4, 0.5) is 0 Å². The molecule has 2 aliphatic rings. The molecule has 1 unspecified atom stereocenters. The molecule has 2 aromatic rings. The van der Waals surface area contributed by atoms with E-state index in [0.717, 1.165) is 42.0 Å². The second-order valence-corrected chi connectivity index (χ2v) is 6.35. The second-order valence-electron chi connectivity index (χ2n) is 6.35. The van der Waals surface area contributed by atoms with Crippen molar-refractivity contribution in [2.24, 2.45) is 0 Å². The smallest absolute Gasteiger partial charge is 0.168 e. The van der Waals surface area contributed by atoms with Gasteiger partial charge in [-0.3, -0.25) is 4.90 Å². The maximum absolute atomic E-state index is 9.98. The van der Waals surface area contributed by atoms with E-state index in [0.29, 0.717) is 6.04 Å². The van der Waals surface area contributed by atoms with E-state index in [1.54, 1.807) is 20.3 Å². The molecule has 0 bridgehead atoms. The van der Waals surface area contributed by atoms with E-state index < -0.39 is 0 Å². The Bertz CT molecular complexity index is 785. The van der Waals surface area contributed by atoms with Crippen LogP contribution in [0, 0.1) is 0 Å². The Balaban J connectivity index is 2.09. The molecule has 120 valence electrons. The van der Waals surface area contributed by atoms with Gasteiger partial charge < -0.3 is 14.6 Å². The number of fused-ring (bicyclic) bond motifs is 2. The fourth-order valence-corrected chi connectivity index (χ4v) is 4.03. The highest BCUT2D eigenvalue weighted by molar-refractivity contribution is 5.84. The van der Waals surface area contributed by atoms with Gasteiger partial charge in [0.1, 0.15) is 5.75 Å². The van der Waals surface area contributed by atoms with Gasteiger partial charge in [-0.25, -0.2) is 0 Å². The zero-order valence-electron chi connectivity index (χ0n) is 13.7. The minimum Gasteiger partial charge on any atom is -0.508 e. The predicted octanol–water partition coefficient (Wildman–Crippen LogP) is 3.16. The van der Waals surface area contributed by atoms with Crippen LogP contribution >= 0.6 is 0 Å². The lowest BCUT2D eigenvalue weighted by atomic mass is 9.76. The van der Waals surface area contributed by atoms with Crippen LogP contribution in [0.1, 0.15) is 22.7 Å². The molecule has 0 amide bonds. The predicted molar refractivity (Wildman–Crippen MR) is 89.4 cm³/mol.